The summed E-state index contributed by atoms with van der Waals surface area (Å²) in [6.07, 6.45) is 21.4. The van der Waals surface area contributed by atoms with Crippen LogP contribution in [0.1, 0.15) is 28.7 Å². The first kappa shape index (κ1) is 26.2. The molecule has 2 heterocycles. The number of aryl methyl sites for hydroxylation is 1. The lowest BCUT2D eigenvalue weighted by Crippen LogP contribution is -2.17. The molecule has 0 spiro atoms. The van der Waals surface area contributed by atoms with E-state index in [1.54, 1.807) is 6.08 Å². The highest BCUT2D eigenvalue weighted by Gasteiger charge is 2.29. The molecule has 6 rings (SSSR count). The summed E-state index contributed by atoms with van der Waals surface area (Å²) < 4.78 is 2.35. The van der Waals surface area contributed by atoms with Crippen LogP contribution in [0, 0.1) is 0 Å². The van der Waals surface area contributed by atoms with Crippen molar-refractivity contribution in [1.29, 1.82) is 0 Å². The molecule has 0 unspecified atom stereocenters. The van der Waals surface area contributed by atoms with Crippen molar-refractivity contribution in [2.75, 3.05) is 4.90 Å². The number of anilines is 3. The topological polar surface area (TPSA) is 8.17 Å². The standard InChI is InChI=1S/C39H34N2/c1-5-6-7-9-16-30(4)40-38-34-21-14-12-17-31(34)25-26-35(38)36-27-29(3)28(2)23-24-32-18-13-15-22-37(32)41(39(36)40)33-19-10-8-11-20-33/h5-11,13-16,18-26H,1-4,12,17,27H2/b7-6-,16-9?,24-23-. The Labute approximate surface area is 243 Å². The maximum Gasteiger partial charge on any atom is 0.127 e. The molecule has 41 heavy (non-hydrogen) atoms. The summed E-state index contributed by atoms with van der Waals surface area (Å²) in [5.41, 5.74) is 11.1. The molecular formula is C39H34N2. The lowest BCUT2D eigenvalue weighted by atomic mass is 9.92. The second-order valence-electron chi connectivity index (χ2n) is 10.5. The fraction of sp³-hybridized carbons (Fsp3) is 0.0769. The van der Waals surface area contributed by atoms with Gasteiger partial charge in [-0.1, -0.05) is 123 Å². The quantitative estimate of drug-likeness (QED) is 0.233. The molecule has 200 valence electrons. The monoisotopic (exact) mass is 530 g/mol. The second-order valence-corrected chi connectivity index (χ2v) is 10.5. The van der Waals surface area contributed by atoms with Gasteiger partial charge in [-0.25, -0.2) is 0 Å². The van der Waals surface area contributed by atoms with Crippen molar-refractivity contribution in [2.24, 2.45) is 0 Å². The first-order chi connectivity index (χ1) is 20.1. The largest absolute Gasteiger partial charge is 0.295 e. The lowest BCUT2D eigenvalue weighted by Gasteiger charge is -2.30. The second kappa shape index (κ2) is 11.2. The van der Waals surface area contributed by atoms with Gasteiger partial charge in [0.15, 0.2) is 0 Å². The Bertz CT molecular complexity index is 1820. The Kier molecular flexibility index (Phi) is 7.14. The van der Waals surface area contributed by atoms with Gasteiger partial charge in [-0.3, -0.25) is 9.47 Å². The molecule has 0 amide bonds. The van der Waals surface area contributed by atoms with Crippen LogP contribution in [-0.4, -0.2) is 4.57 Å². The fourth-order valence-corrected chi connectivity index (χ4v) is 5.83. The number of allylic oxidation sites excluding steroid dienone is 10. The Morgan fingerprint density at radius 3 is 2.46 bits per heavy atom. The highest BCUT2D eigenvalue weighted by molar-refractivity contribution is 6.03. The van der Waals surface area contributed by atoms with Crippen molar-refractivity contribution >= 4 is 45.9 Å². The van der Waals surface area contributed by atoms with E-state index in [-0.39, 0.29) is 0 Å². The normalized spacial score (nSPS) is 15.7. The molecule has 1 aliphatic heterocycles. The van der Waals surface area contributed by atoms with Crippen molar-refractivity contribution in [2.45, 2.75) is 19.3 Å². The van der Waals surface area contributed by atoms with Gasteiger partial charge in [-0.2, -0.15) is 0 Å². The van der Waals surface area contributed by atoms with Crippen LogP contribution in [0.15, 0.2) is 147 Å². The van der Waals surface area contributed by atoms with E-state index in [4.69, 9.17) is 0 Å². The third-order valence-electron chi connectivity index (χ3n) is 7.85. The smallest absolute Gasteiger partial charge is 0.127 e. The third-order valence-corrected chi connectivity index (χ3v) is 7.85. The lowest BCUT2D eigenvalue weighted by molar-refractivity contribution is 0.985. The van der Waals surface area contributed by atoms with Crippen molar-refractivity contribution in [3.8, 4) is 0 Å². The van der Waals surface area contributed by atoms with Crippen LogP contribution in [0.5, 0.6) is 0 Å². The highest BCUT2D eigenvalue weighted by Crippen LogP contribution is 2.47. The van der Waals surface area contributed by atoms with E-state index in [1.807, 2.05) is 18.2 Å². The van der Waals surface area contributed by atoms with Crippen LogP contribution in [-0.2, 0) is 12.8 Å². The molecular weight excluding hydrogens is 496 g/mol. The van der Waals surface area contributed by atoms with Gasteiger partial charge in [0.05, 0.1) is 11.2 Å². The van der Waals surface area contributed by atoms with Gasteiger partial charge < -0.3 is 0 Å². The van der Waals surface area contributed by atoms with Crippen LogP contribution in [0.3, 0.4) is 0 Å². The number of hydrogen-bond acceptors (Lipinski definition) is 1. The van der Waals surface area contributed by atoms with Crippen molar-refractivity contribution in [3.05, 3.63) is 169 Å². The van der Waals surface area contributed by atoms with E-state index in [1.165, 1.54) is 27.6 Å². The van der Waals surface area contributed by atoms with Gasteiger partial charge in [-0.15, -0.1) is 0 Å². The Morgan fingerprint density at radius 2 is 1.63 bits per heavy atom. The molecule has 3 aromatic carbocycles. The summed E-state index contributed by atoms with van der Waals surface area (Å²) in [6.45, 7) is 17.3. The summed E-state index contributed by atoms with van der Waals surface area (Å²) in [4.78, 5) is 2.38. The molecule has 1 aliphatic carbocycles. The van der Waals surface area contributed by atoms with Crippen LogP contribution in [0.2, 0.25) is 0 Å². The molecule has 4 aromatic rings. The van der Waals surface area contributed by atoms with E-state index in [9.17, 15) is 0 Å². The molecule has 2 heteroatoms. The van der Waals surface area contributed by atoms with Crippen LogP contribution < -0.4 is 4.90 Å². The first-order valence-corrected chi connectivity index (χ1v) is 14.1. The van der Waals surface area contributed by atoms with Gasteiger partial charge in [-0.05, 0) is 59.4 Å². The molecule has 0 bridgehead atoms. The van der Waals surface area contributed by atoms with E-state index in [0.29, 0.717) is 6.42 Å². The average Bonchev–Trinajstić information content (AvgIpc) is 3.33. The number of aromatic nitrogens is 1. The van der Waals surface area contributed by atoms with Crippen LogP contribution >= 0.6 is 0 Å². The minimum absolute atomic E-state index is 0.670. The van der Waals surface area contributed by atoms with E-state index in [2.05, 4.69) is 133 Å². The summed E-state index contributed by atoms with van der Waals surface area (Å²) in [5, 5.41) is 1.21. The number of para-hydroxylation sites is 2. The SMILES string of the molecule is C=C/C=C\C=CC(=C)n1c2c(c3ccc4c(c31)C=CCC4)CC(=C)C(=C)/C=C\c1ccccc1N2c1ccccc1. The predicted octanol–water partition coefficient (Wildman–Crippen LogP) is 10.5. The Morgan fingerprint density at radius 1 is 0.829 bits per heavy atom. The van der Waals surface area contributed by atoms with Crippen molar-refractivity contribution < 1.29 is 0 Å². The minimum atomic E-state index is 0.670. The fourth-order valence-electron chi connectivity index (χ4n) is 5.83. The molecule has 0 N–H and O–H groups in total. The number of rotatable bonds is 5. The Hall–Kier alpha value is -5.08. The number of fused-ring (bicyclic) bond motifs is 6. The van der Waals surface area contributed by atoms with Gasteiger partial charge in [0.25, 0.3) is 0 Å². The van der Waals surface area contributed by atoms with Gasteiger partial charge in [0, 0.05) is 34.3 Å². The molecule has 0 radical (unpaired) electrons. The van der Waals surface area contributed by atoms with Crippen LogP contribution in [0.25, 0.3) is 28.8 Å². The Balaban J connectivity index is 1.78. The highest BCUT2D eigenvalue weighted by atomic mass is 15.3. The molecule has 0 saturated carbocycles. The van der Waals surface area contributed by atoms with E-state index < -0.39 is 0 Å². The molecule has 0 saturated heterocycles. The maximum atomic E-state index is 4.63. The number of nitrogens with zero attached hydrogens (tertiary/aromatic N) is 2. The van der Waals surface area contributed by atoms with E-state index >= 15 is 0 Å². The molecule has 1 aromatic heterocycles. The van der Waals surface area contributed by atoms with Gasteiger partial charge >= 0.3 is 0 Å². The van der Waals surface area contributed by atoms with Crippen molar-refractivity contribution in [1.82, 2.24) is 4.57 Å². The summed E-state index contributed by atoms with van der Waals surface area (Å²) in [7, 11) is 0. The van der Waals surface area contributed by atoms with E-state index in [0.717, 1.165) is 52.4 Å². The maximum absolute atomic E-state index is 4.63. The van der Waals surface area contributed by atoms with Gasteiger partial charge in [0.2, 0.25) is 0 Å². The zero-order chi connectivity index (χ0) is 28.3. The van der Waals surface area contributed by atoms with Crippen molar-refractivity contribution in [3.63, 3.8) is 0 Å². The number of benzene rings is 3. The third kappa shape index (κ3) is 4.79. The molecule has 0 atom stereocenters. The van der Waals surface area contributed by atoms with Gasteiger partial charge in [0.1, 0.15) is 5.82 Å². The molecule has 2 aliphatic rings. The first-order valence-electron chi connectivity index (χ1n) is 14.1. The molecule has 2 nitrogen and oxygen atoms in total. The predicted molar refractivity (Wildman–Crippen MR) is 179 cm³/mol. The summed E-state index contributed by atoms with van der Waals surface area (Å²) in [5.74, 6) is 1.07. The van der Waals surface area contributed by atoms with Crippen LogP contribution in [0.4, 0.5) is 17.2 Å². The average molecular weight is 531 g/mol. The zero-order valence-electron chi connectivity index (χ0n) is 23.4. The number of hydrogen-bond donors (Lipinski definition) is 0. The minimum Gasteiger partial charge on any atom is -0.295 e. The summed E-state index contributed by atoms with van der Waals surface area (Å²) >= 11 is 0. The zero-order valence-corrected chi connectivity index (χ0v) is 23.4. The summed E-state index contributed by atoms with van der Waals surface area (Å²) in [6, 6.07) is 23.7. The molecule has 0 fully saturated rings.